The first kappa shape index (κ1) is 24.8. The van der Waals surface area contributed by atoms with Crippen molar-refractivity contribution in [2.45, 2.75) is 11.8 Å². The molecule has 0 atom stereocenters. The van der Waals surface area contributed by atoms with Crippen LogP contribution in [0, 0.1) is 20.2 Å². The molecule has 0 fully saturated rings. The number of benzene rings is 3. The maximum Gasteiger partial charge on any atom is 0.339 e. The molecule has 0 saturated carbocycles. The number of non-ortho nitro benzene ring substituents is 1. The van der Waals surface area contributed by atoms with E-state index in [1.807, 2.05) is 0 Å². The number of anilines is 2. The number of nitrogens with one attached hydrogen (secondary N) is 2. The molecule has 14 heteroatoms. The van der Waals surface area contributed by atoms with E-state index < -0.39 is 31.3 Å². The van der Waals surface area contributed by atoms with E-state index in [9.17, 15) is 33.4 Å². The number of carbonyl (C=O) groups excluding carboxylic acids is 1. The molecule has 1 amide bonds. The predicted octanol–water partition coefficient (Wildman–Crippen LogP) is 3.68. The van der Waals surface area contributed by atoms with Crippen LogP contribution in [0.4, 0.5) is 22.7 Å². The molecule has 2 N–H and O–H groups in total. The lowest BCUT2D eigenvalue weighted by molar-refractivity contribution is -0.393. The monoisotopic (exact) mass is 499 g/mol. The normalized spacial score (nSPS) is 11.1. The highest BCUT2D eigenvalue weighted by Gasteiger charge is 2.19. The van der Waals surface area contributed by atoms with Crippen LogP contribution in [0.1, 0.15) is 12.5 Å². The summed E-state index contributed by atoms with van der Waals surface area (Å²) >= 11 is 0. The molecule has 3 aromatic rings. The highest BCUT2D eigenvalue weighted by Crippen LogP contribution is 2.29. The molecular formula is C21H17N5O8S. The Kier molecular flexibility index (Phi) is 7.36. The fraction of sp³-hybridized carbons (Fsp3) is 0.0476. The van der Waals surface area contributed by atoms with Gasteiger partial charge in [-0.3, -0.25) is 30.4 Å². The Morgan fingerprint density at radius 2 is 1.71 bits per heavy atom. The largest absolute Gasteiger partial charge is 0.379 e. The third-order valence-electron chi connectivity index (χ3n) is 4.31. The van der Waals surface area contributed by atoms with Crippen LogP contribution in [0.5, 0.6) is 5.75 Å². The summed E-state index contributed by atoms with van der Waals surface area (Å²) in [5.74, 6) is -0.311. The van der Waals surface area contributed by atoms with Crippen molar-refractivity contribution in [2.75, 3.05) is 10.7 Å². The van der Waals surface area contributed by atoms with Gasteiger partial charge in [-0.15, -0.1) is 0 Å². The first-order valence-corrected chi connectivity index (χ1v) is 11.1. The highest BCUT2D eigenvalue weighted by atomic mass is 32.2. The number of nitro benzene ring substituents is 2. The Bertz CT molecular complexity index is 1420. The molecule has 3 aromatic carbocycles. The van der Waals surface area contributed by atoms with Gasteiger partial charge in [0.2, 0.25) is 5.91 Å². The number of hydrogen-bond donors (Lipinski definition) is 2. The standard InChI is InChI=1S/C21H17N5O8S/c1-14(27)23-16-5-8-19(9-6-16)35(32,33)34-18-4-2-3-15(11-18)13-22-24-20-10-7-17(25(28)29)12-21(20)26(30)31/h2-13,24H,1H3,(H,23,27)/b22-13-. The molecule has 0 saturated heterocycles. The first-order valence-electron chi connectivity index (χ1n) is 9.69. The van der Waals surface area contributed by atoms with Gasteiger partial charge < -0.3 is 9.50 Å². The fourth-order valence-electron chi connectivity index (χ4n) is 2.79. The first-order chi connectivity index (χ1) is 16.5. The van der Waals surface area contributed by atoms with Crippen molar-refractivity contribution in [3.05, 3.63) is 92.5 Å². The molecule has 0 spiro atoms. The molecule has 0 aliphatic heterocycles. The van der Waals surface area contributed by atoms with Crippen LogP contribution in [-0.4, -0.2) is 30.4 Å². The second kappa shape index (κ2) is 10.4. The minimum absolute atomic E-state index is 0.0128. The van der Waals surface area contributed by atoms with E-state index in [2.05, 4.69) is 15.8 Å². The van der Waals surface area contributed by atoms with Crippen LogP contribution < -0.4 is 14.9 Å². The lowest BCUT2D eigenvalue weighted by Crippen LogP contribution is -2.10. The third-order valence-corrected chi connectivity index (χ3v) is 5.58. The molecule has 180 valence electrons. The van der Waals surface area contributed by atoms with Crippen LogP contribution in [0.3, 0.4) is 0 Å². The zero-order valence-corrected chi connectivity index (χ0v) is 18.8. The van der Waals surface area contributed by atoms with Gasteiger partial charge in [-0.2, -0.15) is 13.5 Å². The zero-order valence-electron chi connectivity index (χ0n) is 17.9. The predicted molar refractivity (Wildman–Crippen MR) is 126 cm³/mol. The SMILES string of the molecule is CC(=O)Nc1ccc(S(=O)(=O)Oc2cccc(/C=N\Nc3ccc([N+](=O)[O-])cc3[N+](=O)[O-])c2)cc1. The molecule has 0 aliphatic carbocycles. The molecular weight excluding hydrogens is 482 g/mol. The Balaban J connectivity index is 1.73. The lowest BCUT2D eigenvalue weighted by atomic mass is 10.2. The molecule has 0 radical (unpaired) electrons. The van der Waals surface area contributed by atoms with Gasteiger partial charge in [-0.1, -0.05) is 12.1 Å². The minimum atomic E-state index is -4.17. The van der Waals surface area contributed by atoms with Crippen molar-refractivity contribution >= 4 is 45.0 Å². The lowest BCUT2D eigenvalue weighted by Gasteiger charge is -2.08. The molecule has 3 rings (SSSR count). The number of rotatable bonds is 9. The summed E-state index contributed by atoms with van der Waals surface area (Å²) in [7, 11) is -4.17. The Morgan fingerprint density at radius 1 is 1.00 bits per heavy atom. The van der Waals surface area contributed by atoms with E-state index in [0.717, 1.165) is 18.2 Å². The summed E-state index contributed by atoms with van der Waals surface area (Å²) in [5.41, 5.74) is 2.21. The molecule has 0 heterocycles. The van der Waals surface area contributed by atoms with Crippen molar-refractivity contribution < 1.29 is 27.2 Å². The summed E-state index contributed by atoms with van der Waals surface area (Å²) in [5, 5.41) is 28.4. The zero-order chi connectivity index (χ0) is 25.6. The Labute approximate surface area is 198 Å². The van der Waals surface area contributed by atoms with Gasteiger partial charge in [0.15, 0.2) is 0 Å². The van der Waals surface area contributed by atoms with E-state index in [4.69, 9.17) is 4.18 Å². The van der Waals surface area contributed by atoms with E-state index in [1.54, 1.807) is 6.07 Å². The van der Waals surface area contributed by atoms with E-state index in [0.29, 0.717) is 11.3 Å². The fourth-order valence-corrected chi connectivity index (χ4v) is 3.71. The number of hydrogen-bond acceptors (Lipinski definition) is 10. The van der Waals surface area contributed by atoms with Gasteiger partial charge >= 0.3 is 15.8 Å². The summed E-state index contributed by atoms with van der Waals surface area (Å²) in [6.45, 7) is 1.33. The van der Waals surface area contributed by atoms with Crippen LogP contribution >= 0.6 is 0 Å². The Hall–Kier alpha value is -4.85. The molecule has 35 heavy (non-hydrogen) atoms. The van der Waals surface area contributed by atoms with E-state index >= 15 is 0 Å². The maximum atomic E-state index is 12.6. The molecule has 0 bridgehead atoms. The second-order valence-electron chi connectivity index (χ2n) is 6.90. The smallest absolute Gasteiger partial charge is 0.339 e. The van der Waals surface area contributed by atoms with Crippen LogP contribution in [-0.2, 0) is 14.9 Å². The number of amides is 1. The second-order valence-corrected chi connectivity index (χ2v) is 8.45. The number of nitrogens with zero attached hydrogens (tertiary/aromatic N) is 3. The van der Waals surface area contributed by atoms with Gasteiger partial charge in [-0.05, 0) is 48.0 Å². The van der Waals surface area contributed by atoms with Gasteiger partial charge in [0.1, 0.15) is 16.3 Å². The number of hydrazone groups is 1. The van der Waals surface area contributed by atoms with Crippen molar-refractivity contribution in [1.82, 2.24) is 0 Å². The van der Waals surface area contributed by atoms with Crippen molar-refractivity contribution in [3.63, 3.8) is 0 Å². The maximum absolute atomic E-state index is 12.6. The quantitative estimate of drug-likeness (QED) is 0.192. The van der Waals surface area contributed by atoms with E-state index in [1.165, 1.54) is 55.6 Å². The molecule has 0 aliphatic rings. The van der Waals surface area contributed by atoms with Gasteiger partial charge in [0.25, 0.3) is 5.69 Å². The average Bonchev–Trinajstić information content (AvgIpc) is 2.79. The average molecular weight is 499 g/mol. The summed E-state index contributed by atoms with van der Waals surface area (Å²) in [6.07, 6.45) is 1.26. The topological polar surface area (TPSA) is 183 Å². The van der Waals surface area contributed by atoms with Crippen LogP contribution in [0.15, 0.2) is 76.7 Å². The third kappa shape index (κ3) is 6.58. The highest BCUT2D eigenvalue weighted by molar-refractivity contribution is 7.87. The molecule has 13 nitrogen and oxygen atoms in total. The van der Waals surface area contributed by atoms with Gasteiger partial charge in [-0.25, -0.2) is 0 Å². The van der Waals surface area contributed by atoms with Gasteiger partial charge in [0.05, 0.1) is 22.1 Å². The Morgan fingerprint density at radius 3 is 2.34 bits per heavy atom. The molecule has 0 aromatic heterocycles. The van der Waals surface area contributed by atoms with Gasteiger partial charge in [0, 0.05) is 18.7 Å². The number of nitro groups is 2. The van der Waals surface area contributed by atoms with E-state index in [-0.39, 0.29) is 22.2 Å². The van der Waals surface area contributed by atoms with Crippen molar-refractivity contribution in [1.29, 1.82) is 0 Å². The molecule has 0 unspecified atom stereocenters. The van der Waals surface area contributed by atoms with Crippen molar-refractivity contribution in [2.24, 2.45) is 5.10 Å². The summed E-state index contributed by atoms with van der Waals surface area (Å²) in [6, 6.07) is 14.3. The summed E-state index contributed by atoms with van der Waals surface area (Å²) in [4.78, 5) is 31.4. The number of carbonyl (C=O) groups is 1. The van der Waals surface area contributed by atoms with Crippen LogP contribution in [0.25, 0.3) is 0 Å². The minimum Gasteiger partial charge on any atom is -0.379 e. The van der Waals surface area contributed by atoms with Crippen molar-refractivity contribution in [3.8, 4) is 5.75 Å². The summed E-state index contributed by atoms with van der Waals surface area (Å²) < 4.78 is 30.3. The van der Waals surface area contributed by atoms with Crippen LogP contribution in [0.2, 0.25) is 0 Å².